The molecule has 7 heteroatoms. The van der Waals surface area contributed by atoms with Gasteiger partial charge in [-0.1, -0.05) is 6.92 Å². The maximum Gasteiger partial charge on any atom is 0.0646 e. The van der Waals surface area contributed by atoms with Crippen molar-refractivity contribution in [1.29, 1.82) is 5.26 Å². The molecule has 2 aromatic carbocycles. The van der Waals surface area contributed by atoms with Crippen LogP contribution in [-0.2, 0) is 80.0 Å². The Labute approximate surface area is 193 Å². The number of hydrogen-bond acceptors (Lipinski definition) is 4. The van der Waals surface area contributed by atoms with Crippen LogP contribution < -0.4 is 0 Å². The van der Waals surface area contributed by atoms with Crippen LogP contribution in [0, 0.1) is 11.3 Å². The van der Waals surface area contributed by atoms with Crippen LogP contribution in [0.2, 0.25) is 0 Å². The van der Waals surface area contributed by atoms with E-state index in [2.05, 4.69) is 37.9 Å². The first-order valence-corrected chi connectivity index (χ1v) is 8.66. The Morgan fingerprint density at radius 2 is 1.17 bits per heavy atom. The standard InChI is InChI=1S/2C5H5.C4H5N2.3CH4S.2Mo/c2*1-2-4-5-3-1;1-4(6)2-3-5;3*1-2;;/h2*1-5H;2H2,1H3;3*2H,1H3;;/q-5;2*-1;;;;;/p-3. The zero-order valence-electron chi connectivity index (χ0n) is 14.4. The summed E-state index contributed by atoms with van der Waals surface area (Å²) in [5.74, 6) is 0. The molecule has 0 unspecified atom stereocenters. The molecule has 0 bridgehead atoms. The van der Waals surface area contributed by atoms with E-state index >= 15 is 0 Å². The molecule has 24 heavy (non-hydrogen) atoms. The van der Waals surface area contributed by atoms with Crippen molar-refractivity contribution in [3.05, 3.63) is 66.1 Å². The molecule has 0 aliphatic carbocycles. The summed E-state index contributed by atoms with van der Waals surface area (Å²) < 4.78 is 0. The van der Waals surface area contributed by atoms with E-state index in [0.717, 1.165) is 0 Å². The van der Waals surface area contributed by atoms with Crippen LogP contribution in [0.3, 0.4) is 0 Å². The van der Waals surface area contributed by atoms with Crippen LogP contribution in [0.15, 0.2) is 60.7 Å². The molecule has 142 valence electrons. The summed E-state index contributed by atoms with van der Waals surface area (Å²) in [7, 11) is 0. The van der Waals surface area contributed by atoms with Gasteiger partial charge < -0.3 is 73.6 Å². The summed E-state index contributed by atoms with van der Waals surface area (Å²) in [6.45, 7) is 1.50. The van der Waals surface area contributed by atoms with Crippen molar-refractivity contribution in [3.8, 4) is 6.07 Å². The minimum absolute atomic E-state index is 0. The SMILES string of the molecule is CC(=[N-])CC#N.C[S-].C[S-].C[S-].[Mo].[Mo].[cH-]1[cH-][cH-][cH-][cH-]1.c1cc[cH-]c1. The molecule has 0 aliphatic rings. The molecule has 0 amide bonds. The minimum atomic E-state index is 0. The van der Waals surface area contributed by atoms with Crippen LogP contribution in [0.1, 0.15) is 13.3 Å². The van der Waals surface area contributed by atoms with Gasteiger partial charge in [-0.3, -0.25) is 0 Å². The van der Waals surface area contributed by atoms with Crippen LogP contribution in [-0.4, -0.2) is 24.5 Å². The molecule has 0 spiro atoms. The fraction of sp³-hybridized carbons (Fsp3) is 0.294. The van der Waals surface area contributed by atoms with Gasteiger partial charge in [0.1, 0.15) is 0 Å². The van der Waals surface area contributed by atoms with Crippen molar-refractivity contribution in [2.45, 2.75) is 13.3 Å². The maximum absolute atomic E-state index is 8.25. The van der Waals surface area contributed by atoms with Gasteiger partial charge in [0.15, 0.2) is 0 Å². The fourth-order valence-corrected chi connectivity index (χ4v) is 0.756. The van der Waals surface area contributed by atoms with Crippen molar-refractivity contribution in [1.82, 2.24) is 0 Å². The average Bonchev–Trinajstić information content (AvgIpc) is 3.31. The Morgan fingerprint density at radius 3 is 1.25 bits per heavy atom. The summed E-state index contributed by atoms with van der Waals surface area (Å²) in [6.07, 6.45) is 4.90. The zero-order valence-corrected chi connectivity index (χ0v) is 20.9. The van der Waals surface area contributed by atoms with E-state index in [1.807, 2.05) is 60.7 Å². The molecular formula is C17H24Mo2N2S3-10. The third-order valence-electron chi connectivity index (χ3n) is 1.45. The van der Waals surface area contributed by atoms with E-state index in [9.17, 15) is 0 Å². The van der Waals surface area contributed by atoms with Crippen molar-refractivity contribution < 1.29 is 42.1 Å². The second-order valence-corrected chi connectivity index (χ2v) is 2.99. The average molecular weight is 544 g/mol. The number of nitriles is 1. The second-order valence-electron chi connectivity index (χ2n) is 2.99. The van der Waals surface area contributed by atoms with Crippen LogP contribution >= 0.6 is 0 Å². The van der Waals surface area contributed by atoms with Crippen molar-refractivity contribution in [2.24, 2.45) is 0 Å². The van der Waals surface area contributed by atoms with Gasteiger partial charge in [0.2, 0.25) is 0 Å². The first kappa shape index (κ1) is 39.4. The molecule has 2 aromatic rings. The van der Waals surface area contributed by atoms with Gasteiger partial charge in [0, 0.05) is 48.6 Å². The molecule has 2 nitrogen and oxygen atoms in total. The van der Waals surface area contributed by atoms with Gasteiger partial charge in [0.05, 0.1) is 6.07 Å². The summed E-state index contributed by atoms with van der Waals surface area (Å²) >= 11 is 12.2. The molecule has 0 aliphatic heterocycles. The number of nitrogens with zero attached hydrogens (tertiary/aromatic N) is 2. The van der Waals surface area contributed by atoms with Crippen molar-refractivity contribution >= 4 is 43.6 Å². The van der Waals surface area contributed by atoms with E-state index < -0.39 is 0 Å². The maximum atomic E-state index is 8.25. The number of hydrogen-bond donors (Lipinski definition) is 0. The molecule has 0 saturated heterocycles. The Hall–Kier alpha value is 0.287. The van der Waals surface area contributed by atoms with E-state index in [4.69, 9.17) is 10.7 Å². The molecule has 0 aromatic heterocycles. The monoisotopic (exact) mass is 548 g/mol. The first-order valence-electron chi connectivity index (χ1n) is 6.21. The van der Waals surface area contributed by atoms with Crippen molar-refractivity contribution in [3.63, 3.8) is 0 Å². The van der Waals surface area contributed by atoms with Crippen LogP contribution in [0.25, 0.3) is 5.41 Å². The third kappa shape index (κ3) is 57.2. The molecule has 2 rings (SSSR count). The summed E-state index contributed by atoms with van der Waals surface area (Å²) in [5.41, 5.74) is 0.178. The van der Waals surface area contributed by atoms with Gasteiger partial charge in [-0.2, -0.15) is 47.9 Å². The Balaban J connectivity index is -0.0000000423. The zero-order chi connectivity index (χ0) is 18.1. The molecule has 0 radical (unpaired) electrons. The third-order valence-corrected chi connectivity index (χ3v) is 1.45. The summed E-state index contributed by atoms with van der Waals surface area (Å²) in [6, 6.07) is 21.8. The molecule has 0 heterocycles. The summed E-state index contributed by atoms with van der Waals surface area (Å²) in [4.78, 5) is 0. The Bertz CT molecular complexity index is 326. The van der Waals surface area contributed by atoms with Crippen LogP contribution in [0.4, 0.5) is 0 Å². The molecular weight excluding hydrogens is 520 g/mol. The quantitative estimate of drug-likeness (QED) is 0.234. The molecule has 0 atom stereocenters. The van der Waals surface area contributed by atoms with E-state index in [0.29, 0.717) is 0 Å². The second kappa shape index (κ2) is 49.5. The van der Waals surface area contributed by atoms with Gasteiger partial charge in [0.25, 0.3) is 0 Å². The van der Waals surface area contributed by atoms with Gasteiger partial charge >= 0.3 is 0 Å². The predicted octanol–water partition coefficient (Wildman–Crippen LogP) is 4.23. The van der Waals surface area contributed by atoms with Gasteiger partial charge in [-0.25, -0.2) is 12.1 Å². The predicted molar refractivity (Wildman–Crippen MR) is 108 cm³/mol. The smallest absolute Gasteiger partial charge is 0.0646 e. The Kier molecular flexibility index (Phi) is 81.2. The topological polar surface area (TPSA) is 46.1 Å². The van der Waals surface area contributed by atoms with Gasteiger partial charge in [-0.05, 0) is 0 Å². The molecule has 0 N–H and O–H groups in total. The molecule has 0 fully saturated rings. The van der Waals surface area contributed by atoms with Crippen LogP contribution in [0.5, 0.6) is 0 Å². The van der Waals surface area contributed by atoms with E-state index in [-0.39, 0.29) is 54.3 Å². The minimum Gasteiger partial charge on any atom is -0.811 e. The number of rotatable bonds is 1. The van der Waals surface area contributed by atoms with Gasteiger partial charge in [-0.15, -0.1) is 0 Å². The van der Waals surface area contributed by atoms with E-state index in [1.54, 1.807) is 24.8 Å². The fourth-order valence-electron chi connectivity index (χ4n) is 0.756. The van der Waals surface area contributed by atoms with Crippen molar-refractivity contribution in [2.75, 3.05) is 18.8 Å². The Morgan fingerprint density at radius 1 is 0.875 bits per heavy atom. The normalized spacial score (nSPS) is 5.75. The first-order chi connectivity index (χ1) is 10.8. The largest absolute Gasteiger partial charge is 0.811 e. The summed E-state index contributed by atoms with van der Waals surface area (Å²) in [5, 5.41) is 16.1. The molecule has 0 saturated carbocycles. The van der Waals surface area contributed by atoms with E-state index in [1.165, 1.54) is 6.92 Å².